The van der Waals surface area contributed by atoms with Gasteiger partial charge in [-0.05, 0) is 81.5 Å². The van der Waals surface area contributed by atoms with Gasteiger partial charge in [-0.15, -0.1) is 10.2 Å². The van der Waals surface area contributed by atoms with Crippen molar-refractivity contribution in [1.29, 1.82) is 0 Å². The Morgan fingerprint density at radius 1 is 1.23 bits per heavy atom. The molecule has 26 heavy (non-hydrogen) atoms. The first kappa shape index (κ1) is 16.9. The van der Waals surface area contributed by atoms with Crippen molar-refractivity contribution in [3.8, 4) is 0 Å². The zero-order valence-electron chi connectivity index (χ0n) is 15.5. The summed E-state index contributed by atoms with van der Waals surface area (Å²) in [5.74, 6) is 10.6. The Labute approximate surface area is 159 Å². The summed E-state index contributed by atoms with van der Waals surface area (Å²) in [5.41, 5.74) is 0.349. The number of hydrogen-bond acceptors (Lipinski definition) is 5. The molecule has 1 amide bonds. The highest BCUT2D eigenvalue weighted by molar-refractivity contribution is 7.99. The topological polar surface area (TPSA) is 85.8 Å². The minimum atomic E-state index is 0.0919. The first-order valence-electron chi connectivity index (χ1n) is 10.1. The summed E-state index contributed by atoms with van der Waals surface area (Å²) in [6, 6.07) is 0.266. The SMILES string of the molecule is C[C@@H](NC(=O)CSc1nnc(C2CC2)n1N)C12CC3CC(CC(C3)C1)C2. The first-order valence-corrected chi connectivity index (χ1v) is 11.1. The van der Waals surface area contributed by atoms with Crippen LogP contribution in [0.4, 0.5) is 0 Å². The van der Waals surface area contributed by atoms with Crippen LogP contribution in [0.15, 0.2) is 5.16 Å². The Balaban J connectivity index is 1.18. The summed E-state index contributed by atoms with van der Waals surface area (Å²) < 4.78 is 1.57. The van der Waals surface area contributed by atoms with Crippen LogP contribution in [-0.4, -0.2) is 32.6 Å². The highest BCUT2D eigenvalue weighted by Gasteiger charge is 2.53. The molecule has 0 aliphatic heterocycles. The van der Waals surface area contributed by atoms with Crippen molar-refractivity contribution in [1.82, 2.24) is 20.2 Å². The zero-order chi connectivity index (χ0) is 17.9. The van der Waals surface area contributed by atoms with E-state index in [1.54, 1.807) is 4.68 Å². The van der Waals surface area contributed by atoms with Crippen molar-refractivity contribution in [3.63, 3.8) is 0 Å². The molecule has 0 saturated heterocycles. The highest BCUT2D eigenvalue weighted by Crippen LogP contribution is 2.61. The molecule has 3 N–H and O–H groups in total. The van der Waals surface area contributed by atoms with Crippen LogP contribution in [0, 0.1) is 23.2 Å². The van der Waals surface area contributed by atoms with E-state index in [1.807, 2.05) is 0 Å². The maximum absolute atomic E-state index is 12.6. The summed E-state index contributed by atoms with van der Waals surface area (Å²) >= 11 is 1.39. The maximum Gasteiger partial charge on any atom is 0.230 e. The van der Waals surface area contributed by atoms with E-state index >= 15 is 0 Å². The van der Waals surface area contributed by atoms with E-state index in [-0.39, 0.29) is 11.9 Å². The van der Waals surface area contributed by atoms with E-state index < -0.39 is 0 Å². The number of rotatable bonds is 6. The van der Waals surface area contributed by atoms with Crippen LogP contribution in [0.25, 0.3) is 0 Å². The number of nitrogens with one attached hydrogen (secondary N) is 1. The van der Waals surface area contributed by atoms with Gasteiger partial charge in [0.1, 0.15) is 0 Å². The van der Waals surface area contributed by atoms with Crippen molar-refractivity contribution >= 4 is 17.7 Å². The summed E-state index contributed by atoms with van der Waals surface area (Å²) in [6.07, 6.45) is 10.5. The van der Waals surface area contributed by atoms with E-state index in [2.05, 4.69) is 22.4 Å². The van der Waals surface area contributed by atoms with Gasteiger partial charge in [-0.25, -0.2) is 4.68 Å². The highest BCUT2D eigenvalue weighted by atomic mass is 32.2. The summed E-state index contributed by atoms with van der Waals surface area (Å²) in [7, 11) is 0. The smallest absolute Gasteiger partial charge is 0.230 e. The van der Waals surface area contributed by atoms with Gasteiger partial charge in [-0.2, -0.15) is 0 Å². The number of hydrogen-bond donors (Lipinski definition) is 2. The second-order valence-electron chi connectivity index (χ2n) is 9.34. The lowest BCUT2D eigenvalue weighted by Gasteiger charge is -2.59. The van der Waals surface area contributed by atoms with Gasteiger partial charge in [-0.3, -0.25) is 4.79 Å². The van der Waals surface area contributed by atoms with E-state index in [4.69, 9.17) is 5.84 Å². The molecular formula is C19H29N5OS. The Bertz CT molecular complexity index is 677. The van der Waals surface area contributed by atoms with E-state index in [0.29, 0.717) is 22.2 Å². The summed E-state index contributed by atoms with van der Waals surface area (Å²) in [4.78, 5) is 12.6. The maximum atomic E-state index is 12.6. The molecular weight excluding hydrogens is 346 g/mol. The number of thioether (sulfide) groups is 1. The normalized spacial score (nSPS) is 36.3. The lowest BCUT2D eigenvalue weighted by Crippen LogP contribution is -2.56. The van der Waals surface area contributed by atoms with Gasteiger partial charge in [-0.1, -0.05) is 11.8 Å². The molecule has 0 unspecified atom stereocenters. The second-order valence-corrected chi connectivity index (χ2v) is 10.3. The fourth-order valence-electron chi connectivity index (χ4n) is 6.28. The molecule has 4 bridgehead atoms. The Hall–Kier alpha value is -1.24. The fourth-order valence-corrected chi connectivity index (χ4v) is 6.96. The average Bonchev–Trinajstić information content (AvgIpc) is 3.35. The predicted molar refractivity (Wildman–Crippen MR) is 101 cm³/mol. The van der Waals surface area contributed by atoms with E-state index in [1.165, 1.54) is 50.3 Å². The van der Waals surface area contributed by atoms with Crippen molar-refractivity contribution in [2.75, 3.05) is 11.6 Å². The van der Waals surface area contributed by atoms with Gasteiger partial charge in [0.2, 0.25) is 11.1 Å². The molecule has 0 spiro atoms. The Morgan fingerprint density at radius 3 is 2.42 bits per heavy atom. The van der Waals surface area contributed by atoms with Gasteiger partial charge in [0.25, 0.3) is 0 Å². The van der Waals surface area contributed by atoms with Crippen molar-refractivity contribution in [3.05, 3.63) is 5.82 Å². The van der Waals surface area contributed by atoms with E-state index in [0.717, 1.165) is 36.4 Å². The van der Waals surface area contributed by atoms with Gasteiger partial charge in [0.05, 0.1) is 5.75 Å². The van der Waals surface area contributed by atoms with Crippen LogP contribution in [0.2, 0.25) is 0 Å². The van der Waals surface area contributed by atoms with Gasteiger partial charge < -0.3 is 11.2 Å². The monoisotopic (exact) mass is 375 g/mol. The standard InChI is InChI=1S/C19H29N5OS/c1-11(19-7-12-4-13(8-19)6-14(5-12)9-19)21-16(25)10-26-18-23-22-17(24(18)20)15-2-3-15/h11-15H,2-10,20H2,1H3,(H,21,25)/t11-,12?,13?,14?,19?/m1/s1. The van der Waals surface area contributed by atoms with Crippen LogP contribution >= 0.6 is 11.8 Å². The molecule has 5 aliphatic rings. The quantitative estimate of drug-likeness (QED) is 0.590. The second kappa shape index (κ2) is 6.14. The molecule has 142 valence electrons. The lowest BCUT2D eigenvalue weighted by molar-refractivity contribution is -0.123. The zero-order valence-corrected chi connectivity index (χ0v) is 16.3. The molecule has 6 rings (SSSR count). The molecule has 1 heterocycles. The van der Waals surface area contributed by atoms with Crippen molar-refractivity contribution < 1.29 is 4.79 Å². The van der Waals surface area contributed by atoms with Crippen LogP contribution in [0.3, 0.4) is 0 Å². The molecule has 1 aromatic rings. The summed E-state index contributed by atoms with van der Waals surface area (Å²) in [5, 5.41) is 12.3. The van der Waals surface area contributed by atoms with Crippen molar-refractivity contribution in [2.45, 2.75) is 75.4 Å². The molecule has 1 aromatic heterocycles. The van der Waals surface area contributed by atoms with Crippen LogP contribution < -0.4 is 11.2 Å². The van der Waals surface area contributed by atoms with Crippen LogP contribution in [0.1, 0.15) is 70.0 Å². The minimum Gasteiger partial charge on any atom is -0.352 e. The Morgan fingerprint density at radius 2 is 1.85 bits per heavy atom. The van der Waals surface area contributed by atoms with Crippen molar-refractivity contribution in [2.24, 2.45) is 23.2 Å². The Kier molecular flexibility index (Phi) is 3.99. The molecule has 7 heteroatoms. The third kappa shape index (κ3) is 2.92. The predicted octanol–water partition coefficient (Wildman–Crippen LogP) is 2.68. The number of carbonyl (C=O) groups is 1. The molecule has 1 atom stereocenters. The molecule has 0 aromatic carbocycles. The van der Waals surface area contributed by atoms with Gasteiger partial charge in [0, 0.05) is 12.0 Å². The van der Waals surface area contributed by atoms with Crippen LogP contribution in [0.5, 0.6) is 0 Å². The summed E-state index contributed by atoms with van der Waals surface area (Å²) in [6.45, 7) is 2.23. The van der Waals surface area contributed by atoms with Gasteiger partial charge in [0.15, 0.2) is 5.82 Å². The molecule has 5 aliphatic carbocycles. The third-order valence-electron chi connectivity index (χ3n) is 7.35. The molecule has 5 saturated carbocycles. The lowest BCUT2D eigenvalue weighted by atomic mass is 9.48. The fraction of sp³-hybridized carbons (Fsp3) is 0.842. The van der Waals surface area contributed by atoms with Gasteiger partial charge >= 0.3 is 0 Å². The average molecular weight is 376 g/mol. The number of nitrogens with zero attached hydrogens (tertiary/aromatic N) is 3. The van der Waals surface area contributed by atoms with E-state index in [9.17, 15) is 4.79 Å². The largest absolute Gasteiger partial charge is 0.352 e. The number of nitrogen functional groups attached to an aromatic ring is 1. The molecule has 0 radical (unpaired) electrons. The minimum absolute atomic E-state index is 0.0919. The molecule has 5 fully saturated rings. The third-order valence-corrected chi connectivity index (χ3v) is 8.29. The number of nitrogens with two attached hydrogens (primary N) is 1. The van der Waals surface area contributed by atoms with Crippen LogP contribution in [-0.2, 0) is 4.79 Å². The number of amides is 1. The number of carbonyl (C=O) groups excluding carboxylic acids is 1. The molecule has 6 nitrogen and oxygen atoms in total. The first-order chi connectivity index (χ1) is 12.5. The number of aromatic nitrogens is 3.